The van der Waals surface area contributed by atoms with Crippen molar-refractivity contribution in [2.45, 2.75) is 38.3 Å². The largest absolute Gasteiger partial charge is 0.381 e. The molecule has 2 heterocycles. The summed E-state index contributed by atoms with van der Waals surface area (Å²) in [5.41, 5.74) is 3.00. The molecule has 2 rings (SSSR count). The van der Waals surface area contributed by atoms with Crippen molar-refractivity contribution in [2.24, 2.45) is 17.7 Å². The number of hydrazine groups is 1. The highest BCUT2D eigenvalue weighted by atomic mass is 16.5. The zero-order valence-electron chi connectivity index (χ0n) is 9.45. The summed E-state index contributed by atoms with van der Waals surface area (Å²) in [6, 6.07) is 0.402. The second-order valence-corrected chi connectivity index (χ2v) is 4.78. The summed E-state index contributed by atoms with van der Waals surface area (Å²) >= 11 is 0. The van der Waals surface area contributed by atoms with E-state index in [0.717, 1.165) is 39.1 Å². The monoisotopic (exact) mass is 214 g/mol. The van der Waals surface area contributed by atoms with Gasteiger partial charge < -0.3 is 9.47 Å². The van der Waals surface area contributed by atoms with Gasteiger partial charge in [-0.1, -0.05) is 0 Å². The van der Waals surface area contributed by atoms with E-state index < -0.39 is 0 Å². The van der Waals surface area contributed by atoms with Gasteiger partial charge in [0, 0.05) is 25.2 Å². The summed E-state index contributed by atoms with van der Waals surface area (Å²) < 4.78 is 11.0. The highest BCUT2D eigenvalue weighted by Crippen LogP contribution is 2.30. The van der Waals surface area contributed by atoms with Crippen LogP contribution in [0, 0.1) is 11.8 Å². The second kappa shape index (κ2) is 5.25. The Bertz CT molecular complexity index is 190. The number of hydrogen-bond donors (Lipinski definition) is 2. The van der Waals surface area contributed by atoms with Gasteiger partial charge in [0.2, 0.25) is 0 Å². The molecular formula is C11H22N2O2. The molecule has 2 saturated heterocycles. The Morgan fingerprint density at radius 2 is 2.00 bits per heavy atom. The highest BCUT2D eigenvalue weighted by molar-refractivity contribution is 4.86. The van der Waals surface area contributed by atoms with Crippen LogP contribution >= 0.6 is 0 Å². The van der Waals surface area contributed by atoms with Crippen LogP contribution in [0.3, 0.4) is 0 Å². The molecule has 2 fully saturated rings. The lowest BCUT2D eigenvalue weighted by Gasteiger charge is -2.33. The first-order valence-corrected chi connectivity index (χ1v) is 5.96. The summed E-state index contributed by atoms with van der Waals surface area (Å²) in [5.74, 6) is 6.91. The van der Waals surface area contributed by atoms with Gasteiger partial charge in [0.1, 0.15) is 0 Å². The average molecular weight is 214 g/mol. The van der Waals surface area contributed by atoms with E-state index in [1.54, 1.807) is 0 Å². The van der Waals surface area contributed by atoms with Crippen molar-refractivity contribution >= 4 is 0 Å². The molecule has 0 bridgehead atoms. The van der Waals surface area contributed by atoms with Crippen LogP contribution in [0.4, 0.5) is 0 Å². The lowest BCUT2D eigenvalue weighted by atomic mass is 9.83. The van der Waals surface area contributed by atoms with Crippen molar-refractivity contribution in [3.63, 3.8) is 0 Å². The summed E-state index contributed by atoms with van der Waals surface area (Å²) in [5, 5.41) is 0. The van der Waals surface area contributed by atoms with Gasteiger partial charge in [0.25, 0.3) is 0 Å². The zero-order chi connectivity index (χ0) is 10.7. The van der Waals surface area contributed by atoms with Gasteiger partial charge in [0.05, 0.1) is 12.7 Å². The maximum absolute atomic E-state index is 5.68. The van der Waals surface area contributed by atoms with E-state index >= 15 is 0 Å². The first-order valence-electron chi connectivity index (χ1n) is 5.96. The SMILES string of the molecule is CC1CC(C(NN)C2CCOCC2)CO1. The summed E-state index contributed by atoms with van der Waals surface area (Å²) in [7, 11) is 0. The fourth-order valence-electron chi connectivity index (χ4n) is 2.83. The molecule has 0 aromatic carbocycles. The highest BCUT2D eigenvalue weighted by Gasteiger charge is 2.34. The number of nitrogens with one attached hydrogen (secondary N) is 1. The third kappa shape index (κ3) is 2.69. The Morgan fingerprint density at radius 3 is 2.53 bits per heavy atom. The van der Waals surface area contributed by atoms with Crippen molar-refractivity contribution in [3.8, 4) is 0 Å². The molecule has 4 nitrogen and oxygen atoms in total. The fraction of sp³-hybridized carbons (Fsp3) is 1.00. The maximum Gasteiger partial charge on any atom is 0.0551 e. The molecule has 0 radical (unpaired) electrons. The second-order valence-electron chi connectivity index (χ2n) is 4.78. The van der Waals surface area contributed by atoms with Crippen LogP contribution in [0.1, 0.15) is 26.2 Å². The summed E-state index contributed by atoms with van der Waals surface area (Å²) in [4.78, 5) is 0. The molecule has 0 amide bonds. The standard InChI is InChI=1S/C11H22N2O2/c1-8-6-10(7-15-8)11(13-12)9-2-4-14-5-3-9/h8-11,13H,2-7,12H2,1H3. The Morgan fingerprint density at radius 1 is 1.27 bits per heavy atom. The van der Waals surface area contributed by atoms with Crippen LogP contribution in [-0.2, 0) is 9.47 Å². The number of nitrogens with two attached hydrogens (primary N) is 1. The van der Waals surface area contributed by atoms with E-state index in [1.165, 1.54) is 0 Å². The molecule has 0 saturated carbocycles. The number of ether oxygens (including phenoxy) is 2. The minimum Gasteiger partial charge on any atom is -0.381 e. The molecule has 15 heavy (non-hydrogen) atoms. The minimum atomic E-state index is 0.394. The molecule has 0 spiro atoms. The Kier molecular flexibility index (Phi) is 3.97. The van der Waals surface area contributed by atoms with Gasteiger partial charge in [-0.2, -0.15) is 0 Å². The molecule has 3 unspecified atom stereocenters. The molecule has 3 N–H and O–H groups in total. The molecule has 3 atom stereocenters. The first kappa shape index (κ1) is 11.3. The van der Waals surface area contributed by atoms with Crippen LogP contribution < -0.4 is 11.3 Å². The van der Waals surface area contributed by atoms with E-state index in [-0.39, 0.29) is 0 Å². The predicted octanol–water partition coefficient (Wildman–Crippen LogP) is 0.670. The molecule has 2 aliphatic rings. The maximum atomic E-state index is 5.68. The normalized spacial score (nSPS) is 35.6. The molecule has 4 heteroatoms. The molecule has 0 aliphatic carbocycles. The van der Waals surface area contributed by atoms with Crippen molar-refractivity contribution in [3.05, 3.63) is 0 Å². The van der Waals surface area contributed by atoms with Crippen molar-refractivity contribution in [2.75, 3.05) is 19.8 Å². The molecular weight excluding hydrogens is 192 g/mol. The molecule has 0 aromatic rings. The van der Waals surface area contributed by atoms with Gasteiger partial charge in [-0.05, 0) is 32.1 Å². The number of rotatable bonds is 3. The first-order chi connectivity index (χ1) is 7.31. The molecule has 88 valence electrons. The summed E-state index contributed by atoms with van der Waals surface area (Å²) in [6.07, 6.45) is 3.77. The Hall–Kier alpha value is -0.160. The van der Waals surface area contributed by atoms with E-state index in [1.807, 2.05) is 0 Å². The Labute approximate surface area is 91.5 Å². The zero-order valence-corrected chi connectivity index (χ0v) is 9.45. The predicted molar refractivity (Wildman–Crippen MR) is 58.2 cm³/mol. The smallest absolute Gasteiger partial charge is 0.0551 e. The van der Waals surface area contributed by atoms with Gasteiger partial charge in [-0.25, -0.2) is 0 Å². The van der Waals surface area contributed by atoms with E-state index in [4.69, 9.17) is 15.3 Å². The quantitative estimate of drug-likeness (QED) is 0.535. The van der Waals surface area contributed by atoms with Crippen molar-refractivity contribution in [1.29, 1.82) is 0 Å². The Balaban J connectivity index is 1.90. The van der Waals surface area contributed by atoms with Crippen LogP contribution in [0.15, 0.2) is 0 Å². The molecule has 2 aliphatic heterocycles. The van der Waals surface area contributed by atoms with Crippen LogP contribution in [-0.4, -0.2) is 32.0 Å². The van der Waals surface area contributed by atoms with Crippen LogP contribution in [0.2, 0.25) is 0 Å². The van der Waals surface area contributed by atoms with Gasteiger partial charge in [0.15, 0.2) is 0 Å². The molecule has 0 aromatic heterocycles. The van der Waals surface area contributed by atoms with Crippen LogP contribution in [0.5, 0.6) is 0 Å². The van der Waals surface area contributed by atoms with E-state index in [9.17, 15) is 0 Å². The minimum absolute atomic E-state index is 0.394. The van der Waals surface area contributed by atoms with Crippen molar-refractivity contribution in [1.82, 2.24) is 5.43 Å². The van der Waals surface area contributed by atoms with Gasteiger partial charge >= 0.3 is 0 Å². The fourth-order valence-corrected chi connectivity index (χ4v) is 2.83. The van der Waals surface area contributed by atoms with Crippen molar-refractivity contribution < 1.29 is 9.47 Å². The van der Waals surface area contributed by atoms with E-state index in [2.05, 4.69) is 12.3 Å². The summed E-state index contributed by atoms with van der Waals surface area (Å²) in [6.45, 7) is 4.75. The average Bonchev–Trinajstić information content (AvgIpc) is 2.68. The number of hydrogen-bond acceptors (Lipinski definition) is 4. The van der Waals surface area contributed by atoms with Gasteiger partial charge in [-0.3, -0.25) is 11.3 Å². The van der Waals surface area contributed by atoms with Crippen LogP contribution in [0.25, 0.3) is 0 Å². The lowest BCUT2D eigenvalue weighted by Crippen LogP contribution is -2.48. The third-order valence-corrected chi connectivity index (χ3v) is 3.70. The van der Waals surface area contributed by atoms with E-state index in [0.29, 0.717) is 24.0 Å². The topological polar surface area (TPSA) is 56.5 Å². The van der Waals surface area contributed by atoms with Gasteiger partial charge in [-0.15, -0.1) is 0 Å². The lowest BCUT2D eigenvalue weighted by molar-refractivity contribution is 0.0420. The third-order valence-electron chi connectivity index (χ3n) is 3.70.